The highest BCUT2D eigenvalue weighted by molar-refractivity contribution is 6.31. The number of hydrogen-bond donors (Lipinski definition) is 2. The molecule has 1 aromatic carbocycles. The quantitative estimate of drug-likeness (QED) is 0.611. The van der Waals surface area contributed by atoms with E-state index >= 15 is 0 Å². The van der Waals surface area contributed by atoms with Crippen molar-refractivity contribution in [1.82, 2.24) is 5.43 Å². The van der Waals surface area contributed by atoms with Crippen LogP contribution in [0.1, 0.15) is 32.3 Å². The van der Waals surface area contributed by atoms with Crippen LogP contribution in [0.4, 0.5) is 5.69 Å². The number of allylic oxidation sites excluding steroid dienone is 3. The first-order chi connectivity index (χ1) is 11.4. The van der Waals surface area contributed by atoms with Crippen molar-refractivity contribution in [3.05, 3.63) is 52.6 Å². The van der Waals surface area contributed by atoms with Gasteiger partial charge in [-0.1, -0.05) is 35.9 Å². The van der Waals surface area contributed by atoms with E-state index in [0.29, 0.717) is 10.9 Å². The van der Waals surface area contributed by atoms with Crippen LogP contribution in [0.5, 0.6) is 0 Å². The third-order valence-electron chi connectivity index (χ3n) is 4.32. The molecule has 0 heterocycles. The average Bonchev–Trinajstić information content (AvgIpc) is 2.55. The molecule has 0 saturated heterocycles. The summed E-state index contributed by atoms with van der Waals surface area (Å²) in [6.45, 7) is 10.1. The number of carbonyl (C=O) groups is 1. The molecule has 24 heavy (non-hydrogen) atoms. The lowest BCUT2D eigenvalue weighted by Gasteiger charge is -2.22. The first-order valence-corrected chi connectivity index (χ1v) is 8.43. The highest BCUT2D eigenvalue weighted by Gasteiger charge is 2.18. The molecule has 4 nitrogen and oxygen atoms in total. The molecule has 1 aliphatic rings. The molecular formula is C19H24ClN3O. The molecular weight excluding hydrogens is 322 g/mol. The molecule has 2 rings (SSSR count). The zero-order chi connectivity index (χ0) is 17.7. The summed E-state index contributed by atoms with van der Waals surface area (Å²) in [6.07, 6.45) is 3.96. The van der Waals surface area contributed by atoms with E-state index in [-0.39, 0.29) is 12.5 Å². The molecule has 128 valence electrons. The molecule has 1 amide bonds. The van der Waals surface area contributed by atoms with Crippen molar-refractivity contribution < 1.29 is 4.79 Å². The number of halogens is 1. The van der Waals surface area contributed by atoms with E-state index in [2.05, 4.69) is 28.5 Å². The van der Waals surface area contributed by atoms with Crippen molar-refractivity contribution in [1.29, 1.82) is 0 Å². The van der Waals surface area contributed by atoms with Crippen LogP contribution in [0, 0.1) is 12.8 Å². The molecule has 0 fully saturated rings. The first kappa shape index (κ1) is 18.3. The van der Waals surface area contributed by atoms with Gasteiger partial charge in [-0.3, -0.25) is 4.79 Å². The largest absolute Gasteiger partial charge is 0.376 e. The van der Waals surface area contributed by atoms with E-state index in [1.54, 1.807) is 0 Å². The second-order valence-corrected chi connectivity index (χ2v) is 6.64. The number of nitrogens with zero attached hydrogens (tertiary/aromatic N) is 1. The Morgan fingerprint density at radius 1 is 1.42 bits per heavy atom. The van der Waals surface area contributed by atoms with Crippen LogP contribution in [0.3, 0.4) is 0 Å². The summed E-state index contributed by atoms with van der Waals surface area (Å²) in [6, 6.07) is 5.57. The minimum atomic E-state index is -0.188. The molecule has 5 heteroatoms. The zero-order valence-electron chi connectivity index (χ0n) is 14.4. The smallest absolute Gasteiger partial charge is 0.259 e. The van der Waals surface area contributed by atoms with E-state index < -0.39 is 0 Å². The van der Waals surface area contributed by atoms with E-state index in [0.717, 1.165) is 41.0 Å². The number of hydrazone groups is 1. The highest BCUT2D eigenvalue weighted by atomic mass is 35.5. The van der Waals surface area contributed by atoms with Crippen molar-refractivity contribution in [3.8, 4) is 0 Å². The zero-order valence-corrected chi connectivity index (χ0v) is 15.2. The predicted molar refractivity (Wildman–Crippen MR) is 102 cm³/mol. The number of hydrogen-bond acceptors (Lipinski definition) is 3. The molecule has 1 aromatic rings. The molecule has 0 spiro atoms. The predicted octanol–water partition coefficient (Wildman–Crippen LogP) is 4.46. The molecule has 2 N–H and O–H groups in total. The minimum Gasteiger partial charge on any atom is -0.376 e. The summed E-state index contributed by atoms with van der Waals surface area (Å²) in [5.74, 6) is 0.212. The van der Waals surface area contributed by atoms with Crippen molar-refractivity contribution in [2.45, 2.75) is 33.6 Å². The van der Waals surface area contributed by atoms with E-state index in [9.17, 15) is 4.79 Å². The topological polar surface area (TPSA) is 53.5 Å². The Balaban J connectivity index is 1.92. The summed E-state index contributed by atoms with van der Waals surface area (Å²) in [5.41, 5.74) is 7.59. The Labute approximate surface area is 148 Å². The van der Waals surface area contributed by atoms with Gasteiger partial charge in [0.2, 0.25) is 0 Å². The van der Waals surface area contributed by atoms with Crippen LogP contribution in [0.15, 0.2) is 47.1 Å². The van der Waals surface area contributed by atoms with Gasteiger partial charge in [-0.25, -0.2) is 5.43 Å². The Morgan fingerprint density at radius 2 is 2.17 bits per heavy atom. The average molecular weight is 346 g/mol. The normalized spacial score (nSPS) is 18.9. The first-order valence-electron chi connectivity index (χ1n) is 8.05. The van der Waals surface area contributed by atoms with Crippen LogP contribution >= 0.6 is 11.6 Å². The van der Waals surface area contributed by atoms with Crippen LogP contribution in [0.25, 0.3) is 0 Å². The third-order valence-corrected chi connectivity index (χ3v) is 4.73. The van der Waals surface area contributed by atoms with Gasteiger partial charge in [0.25, 0.3) is 5.91 Å². The second kappa shape index (κ2) is 8.15. The lowest BCUT2D eigenvalue weighted by molar-refractivity contribution is -0.119. The maximum absolute atomic E-state index is 12.0. The van der Waals surface area contributed by atoms with E-state index in [1.807, 2.05) is 39.0 Å². The minimum absolute atomic E-state index is 0.143. The molecule has 0 aliphatic heterocycles. The van der Waals surface area contributed by atoms with Crippen LogP contribution in [-0.4, -0.2) is 18.2 Å². The summed E-state index contributed by atoms with van der Waals surface area (Å²) >= 11 is 6.07. The molecule has 0 aromatic heterocycles. The van der Waals surface area contributed by atoms with Crippen LogP contribution < -0.4 is 10.7 Å². The summed E-state index contributed by atoms with van der Waals surface area (Å²) in [4.78, 5) is 12.0. The molecule has 1 aliphatic carbocycles. The van der Waals surface area contributed by atoms with Crippen molar-refractivity contribution >= 4 is 28.9 Å². The van der Waals surface area contributed by atoms with Crippen molar-refractivity contribution in [2.75, 3.05) is 11.9 Å². The summed E-state index contributed by atoms with van der Waals surface area (Å²) in [7, 11) is 0. The van der Waals surface area contributed by atoms with Crippen LogP contribution in [0.2, 0.25) is 5.02 Å². The SMILES string of the molecule is C=C(C)[C@@H]1CC=C(C)C(=NNC(=O)CNc2cccc(Cl)c2C)C1. The number of nitrogens with one attached hydrogen (secondary N) is 2. The van der Waals surface area contributed by atoms with Gasteiger partial charge in [-0.05, 0) is 62.8 Å². The summed E-state index contributed by atoms with van der Waals surface area (Å²) in [5, 5.41) is 8.05. The molecule has 0 bridgehead atoms. The number of benzene rings is 1. The second-order valence-electron chi connectivity index (χ2n) is 6.23. The lowest BCUT2D eigenvalue weighted by atomic mass is 9.85. The molecule has 0 radical (unpaired) electrons. The molecule has 1 atom stereocenters. The van der Waals surface area contributed by atoms with E-state index in [1.165, 1.54) is 0 Å². The van der Waals surface area contributed by atoms with Gasteiger partial charge in [0.1, 0.15) is 0 Å². The van der Waals surface area contributed by atoms with Gasteiger partial charge in [0, 0.05) is 10.7 Å². The standard InChI is InChI=1S/C19H24ClN3O/c1-12(2)15-9-8-13(3)18(10-15)22-23-19(24)11-21-17-7-5-6-16(20)14(17)4/h5-8,15,21H,1,9-11H2,2-4H3,(H,23,24)/t15-/m1/s1. The van der Waals surface area contributed by atoms with Crippen LogP contribution in [-0.2, 0) is 4.79 Å². The highest BCUT2D eigenvalue weighted by Crippen LogP contribution is 2.26. The number of anilines is 1. The third kappa shape index (κ3) is 4.71. The van der Waals surface area contributed by atoms with Crippen molar-refractivity contribution in [3.63, 3.8) is 0 Å². The van der Waals surface area contributed by atoms with Gasteiger partial charge < -0.3 is 5.32 Å². The van der Waals surface area contributed by atoms with Gasteiger partial charge in [-0.2, -0.15) is 5.10 Å². The van der Waals surface area contributed by atoms with Gasteiger partial charge >= 0.3 is 0 Å². The maximum Gasteiger partial charge on any atom is 0.259 e. The van der Waals surface area contributed by atoms with Gasteiger partial charge in [-0.15, -0.1) is 0 Å². The van der Waals surface area contributed by atoms with E-state index in [4.69, 9.17) is 11.6 Å². The lowest BCUT2D eigenvalue weighted by Crippen LogP contribution is -2.28. The number of carbonyl (C=O) groups excluding carboxylic acids is 1. The fraction of sp³-hybridized carbons (Fsp3) is 0.368. The Bertz CT molecular complexity index is 707. The number of rotatable bonds is 5. The summed E-state index contributed by atoms with van der Waals surface area (Å²) < 4.78 is 0. The Kier molecular flexibility index (Phi) is 6.21. The Hall–Kier alpha value is -2.07. The molecule has 0 saturated carbocycles. The monoisotopic (exact) mass is 345 g/mol. The fourth-order valence-corrected chi connectivity index (χ4v) is 2.74. The number of amides is 1. The van der Waals surface area contributed by atoms with Gasteiger partial charge in [0.15, 0.2) is 0 Å². The maximum atomic E-state index is 12.0. The fourth-order valence-electron chi connectivity index (χ4n) is 2.57. The van der Waals surface area contributed by atoms with Gasteiger partial charge in [0.05, 0.1) is 12.3 Å². The van der Waals surface area contributed by atoms with Crippen molar-refractivity contribution in [2.24, 2.45) is 11.0 Å². The molecule has 0 unspecified atom stereocenters. The Morgan fingerprint density at radius 3 is 2.88 bits per heavy atom.